The minimum atomic E-state index is 0.501. The molecule has 4 heteroatoms. The van der Waals surface area contributed by atoms with E-state index in [9.17, 15) is 0 Å². The van der Waals surface area contributed by atoms with Crippen LogP contribution in [0.15, 0.2) is 36.4 Å². The molecule has 2 aromatic carbocycles. The Morgan fingerprint density at radius 2 is 1.80 bits per heavy atom. The maximum absolute atomic E-state index is 6.05. The highest BCUT2D eigenvalue weighted by molar-refractivity contribution is 6.31. The van der Waals surface area contributed by atoms with Crippen molar-refractivity contribution in [1.29, 1.82) is 0 Å². The Morgan fingerprint density at radius 3 is 2.55 bits per heavy atom. The lowest BCUT2D eigenvalue weighted by molar-refractivity contribution is 1.23. The molecule has 20 heavy (non-hydrogen) atoms. The topological polar surface area (TPSA) is 51.8 Å². The van der Waals surface area contributed by atoms with Crippen LogP contribution in [0.1, 0.15) is 11.1 Å². The minimum absolute atomic E-state index is 0.501. The van der Waals surface area contributed by atoms with E-state index in [4.69, 9.17) is 17.3 Å². The van der Waals surface area contributed by atoms with Crippen molar-refractivity contribution in [2.45, 2.75) is 13.8 Å². The smallest absolute Gasteiger partial charge is 0.162 e. The van der Waals surface area contributed by atoms with E-state index in [1.165, 1.54) is 0 Å². The summed E-state index contributed by atoms with van der Waals surface area (Å²) in [6.45, 7) is 3.98. The van der Waals surface area contributed by atoms with Gasteiger partial charge in [-0.25, -0.2) is 9.97 Å². The second-order valence-electron chi connectivity index (χ2n) is 4.92. The Hall–Kier alpha value is -2.13. The molecule has 0 saturated heterocycles. The van der Waals surface area contributed by atoms with E-state index < -0.39 is 0 Å². The van der Waals surface area contributed by atoms with Crippen LogP contribution in [0, 0.1) is 13.8 Å². The Morgan fingerprint density at radius 1 is 1.00 bits per heavy atom. The van der Waals surface area contributed by atoms with Gasteiger partial charge in [0.15, 0.2) is 5.82 Å². The van der Waals surface area contributed by atoms with Crippen molar-refractivity contribution in [1.82, 2.24) is 9.97 Å². The average molecular weight is 284 g/mol. The average Bonchev–Trinajstić information content (AvgIpc) is 2.42. The van der Waals surface area contributed by atoms with E-state index in [2.05, 4.69) is 9.97 Å². The summed E-state index contributed by atoms with van der Waals surface area (Å²) in [5.74, 6) is 1.12. The molecule has 2 N–H and O–H groups in total. The number of nitrogens with zero attached hydrogens (tertiary/aromatic N) is 2. The van der Waals surface area contributed by atoms with Crippen LogP contribution < -0.4 is 5.73 Å². The number of hydrogen-bond donors (Lipinski definition) is 1. The van der Waals surface area contributed by atoms with Gasteiger partial charge in [0.05, 0.1) is 5.52 Å². The van der Waals surface area contributed by atoms with Gasteiger partial charge in [0.25, 0.3) is 0 Å². The maximum Gasteiger partial charge on any atom is 0.162 e. The van der Waals surface area contributed by atoms with E-state index in [1.807, 2.05) is 50.2 Å². The number of fused-ring (bicyclic) bond motifs is 1. The molecule has 0 radical (unpaired) electrons. The van der Waals surface area contributed by atoms with Crippen molar-refractivity contribution in [3.8, 4) is 11.4 Å². The van der Waals surface area contributed by atoms with Crippen molar-refractivity contribution < 1.29 is 0 Å². The van der Waals surface area contributed by atoms with Gasteiger partial charge in [-0.2, -0.15) is 0 Å². The van der Waals surface area contributed by atoms with Gasteiger partial charge in [0.2, 0.25) is 0 Å². The van der Waals surface area contributed by atoms with Crippen LogP contribution in [0.25, 0.3) is 22.3 Å². The van der Waals surface area contributed by atoms with Gasteiger partial charge in [0.1, 0.15) is 5.82 Å². The summed E-state index contributed by atoms with van der Waals surface area (Å²) in [6.07, 6.45) is 0. The Labute approximate surface area is 122 Å². The number of aryl methyl sites for hydroxylation is 2. The number of hydrogen-bond acceptors (Lipinski definition) is 3. The first kappa shape index (κ1) is 12.9. The number of nitrogens with two attached hydrogens (primary N) is 1. The van der Waals surface area contributed by atoms with Crippen molar-refractivity contribution in [3.05, 3.63) is 52.5 Å². The lowest BCUT2D eigenvalue weighted by Crippen LogP contribution is -1.98. The molecule has 0 unspecified atom stereocenters. The van der Waals surface area contributed by atoms with Crippen molar-refractivity contribution in [3.63, 3.8) is 0 Å². The van der Waals surface area contributed by atoms with E-state index in [-0.39, 0.29) is 0 Å². The van der Waals surface area contributed by atoms with Crippen LogP contribution in [0.5, 0.6) is 0 Å². The summed E-state index contributed by atoms with van der Waals surface area (Å²) in [4.78, 5) is 8.99. The monoisotopic (exact) mass is 283 g/mol. The predicted molar refractivity (Wildman–Crippen MR) is 83.9 cm³/mol. The molecule has 0 bridgehead atoms. The second-order valence-corrected chi connectivity index (χ2v) is 5.32. The Kier molecular flexibility index (Phi) is 3.07. The molecular weight excluding hydrogens is 270 g/mol. The number of aromatic nitrogens is 2. The summed E-state index contributed by atoms with van der Waals surface area (Å²) < 4.78 is 0. The first-order valence-electron chi connectivity index (χ1n) is 6.35. The van der Waals surface area contributed by atoms with E-state index in [0.29, 0.717) is 11.6 Å². The fourth-order valence-corrected chi connectivity index (χ4v) is 2.30. The van der Waals surface area contributed by atoms with Crippen LogP contribution in [-0.2, 0) is 0 Å². The molecule has 0 aliphatic heterocycles. The summed E-state index contributed by atoms with van der Waals surface area (Å²) >= 11 is 6.05. The van der Waals surface area contributed by atoms with Crippen LogP contribution in [0.4, 0.5) is 5.82 Å². The predicted octanol–water partition coefficient (Wildman–Crippen LogP) is 4.15. The van der Waals surface area contributed by atoms with Gasteiger partial charge in [-0.1, -0.05) is 23.2 Å². The molecule has 0 fully saturated rings. The van der Waals surface area contributed by atoms with E-state index in [1.54, 1.807) is 0 Å². The number of rotatable bonds is 1. The van der Waals surface area contributed by atoms with Gasteiger partial charge in [-0.05, 0) is 49.7 Å². The van der Waals surface area contributed by atoms with Crippen molar-refractivity contribution >= 4 is 28.3 Å². The highest BCUT2D eigenvalue weighted by Crippen LogP contribution is 2.26. The molecule has 3 rings (SSSR count). The van der Waals surface area contributed by atoms with Gasteiger partial charge in [0, 0.05) is 16.0 Å². The van der Waals surface area contributed by atoms with E-state index >= 15 is 0 Å². The van der Waals surface area contributed by atoms with Crippen LogP contribution in [0.3, 0.4) is 0 Å². The zero-order chi connectivity index (χ0) is 14.3. The van der Waals surface area contributed by atoms with E-state index in [0.717, 1.165) is 32.6 Å². The third kappa shape index (κ3) is 2.21. The standard InChI is InChI=1S/C16H14ClN3/c1-9-3-6-14-12(7-9)15(18)20-16(19-14)11-4-5-13(17)10(2)8-11/h3-8H,1-2H3,(H2,18,19,20). The molecule has 0 atom stereocenters. The summed E-state index contributed by atoms with van der Waals surface area (Å²) in [5, 5.41) is 1.62. The molecular formula is C16H14ClN3. The van der Waals surface area contributed by atoms with Crippen LogP contribution in [-0.4, -0.2) is 9.97 Å². The molecule has 0 amide bonds. The molecule has 3 aromatic rings. The molecule has 1 aromatic heterocycles. The molecule has 0 aliphatic rings. The third-order valence-electron chi connectivity index (χ3n) is 3.30. The molecule has 1 heterocycles. The second kappa shape index (κ2) is 4.76. The Bertz CT molecular complexity index is 812. The summed E-state index contributed by atoms with van der Waals surface area (Å²) in [6, 6.07) is 11.7. The highest BCUT2D eigenvalue weighted by Gasteiger charge is 2.08. The lowest BCUT2D eigenvalue weighted by Gasteiger charge is -2.07. The number of anilines is 1. The summed E-state index contributed by atoms with van der Waals surface area (Å²) in [7, 11) is 0. The number of nitrogen functional groups attached to an aromatic ring is 1. The fourth-order valence-electron chi connectivity index (χ4n) is 2.18. The first-order valence-corrected chi connectivity index (χ1v) is 6.73. The van der Waals surface area contributed by atoms with Crippen LogP contribution >= 0.6 is 11.6 Å². The molecule has 0 spiro atoms. The highest BCUT2D eigenvalue weighted by atomic mass is 35.5. The maximum atomic E-state index is 6.05. The van der Waals surface area contributed by atoms with Gasteiger partial charge in [-0.3, -0.25) is 0 Å². The fraction of sp³-hybridized carbons (Fsp3) is 0.125. The first-order chi connectivity index (χ1) is 9.54. The molecule has 0 aliphatic carbocycles. The van der Waals surface area contributed by atoms with Crippen LogP contribution in [0.2, 0.25) is 5.02 Å². The SMILES string of the molecule is Cc1ccc2nc(-c3ccc(Cl)c(C)c3)nc(N)c2c1. The zero-order valence-electron chi connectivity index (χ0n) is 11.3. The third-order valence-corrected chi connectivity index (χ3v) is 3.72. The lowest BCUT2D eigenvalue weighted by atomic mass is 10.1. The van der Waals surface area contributed by atoms with Crippen molar-refractivity contribution in [2.24, 2.45) is 0 Å². The molecule has 3 nitrogen and oxygen atoms in total. The quantitative estimate of drug-likeness (QED) is 0.730. The normalized spacial score (nSPS) is 10.9. The largest absolute Gasteiger partial charge is 0.383 e. The molecule has 0 saturated carbocycles. The molecule has 100 valence electrons. The van der Waals surface area contributed by atoms with Gasteiger partial charge < -0.3 is 5.73 Å². The Balaban J connectivity index is 2.21. The number of halogens is 1. The zero-order valence-corrected chi connectivity index (χ0v) is 12.1. The van der Waals surface area contributed by atoms with Gasteiger partial charge in [-0.15, -0.1) is 0 Å². The number of benzene rings is 2. The minimum Gasteiger partial charge on any atom is -0.383 e. The summed E-state index contributed by atoms with van der Waals surface area (Å²) in [5.41, 5.74) is 9.96. The van der Waals surface area contributed by atoms with Crippen molar-refractivity contribution in [2.75, 3.05) is 5.73 Å². The van der Waals surface area contributed by atoms with Gasteiger partial charge >= 0.3 is 0 Å².